The minimum atomic E-state index is -0.0270. The van der Waals surface area contributed by atoms with Crippen molar-refractivity contribution in [1.82, 2.24) is 15.1 Å². The van der Waals surface area contributed by atoms with Crippen LogP contribution in [0.1, 0.15) is 32.2 Å². The molecule has 1 aliphatic rings. The molecule has 7 heteroatoms. The summed E-state index contributed by atoms with van der Waals surface area (Å²) in [4.78, 5) is 28.6. The number of thiophene rings is 1. The van der Waals surface area contributed by atoms with Gasteiger partial charge in [0, 0.05) is 50.2 Å². The highest BCUT2D eigenvalue weighted by molar-refractivity contribution is 7.08. The molecule has 134 valence electrons. The predicted molar refractivity (Wildman–Crippen MR) is 97.2 cm³/mol. The fourth-order valence-electron chi connectivity index (χ4n) is 3.01. The number of nitrogens with zero attached hydrogens (tertiary/aromatic N) is 2. The van der Waals surface area contributed by atoms with Gasteiger partial charge in [-0.15, -0.1) is 0 Å². The van der Waals surface area contributed by atoms with Crippen molar-refractivity contribution < 1.29 is 14.0 Å². The van der Waals surface area contributed by atoms with E-state index in [0.29, 0.717) is 36.5 Å². The summed E-state index contributed by atoms with van der Waals surface area (Å²) in [6.07, 6.45) is 0. The Labute approximate surface area is 151 Å². The molecule has 0 saturated carbocycles. The monoisotopic (exact) mass is 361 g/mol. The number of carbonyl (C=O) groups excluding carboxylic acids is 2. The molecule has 25 heavy (non-hydrogen) atoms. The summed E-state index contributed by atoms with van der Waals surface area (Å²) in [6, 6.07) is 3.63. The summed E-state index contributed by atoms with van der Waals surface area (Å²) in [5, 5.41) is 6.68. The highest BCUT2D eigenvalue weighted by atomic mass is 32.1. The predicted octanol–water partition coefficient (Wildman–Crippen LogP) is 2.15. The minimum absolute atomic E-state index is 0.0270. The number of hydrogen-bond acceptors (Lipinski definition) is 5. The average Bonchev–Trinajstić information content (AvgIpc) is 3.24. The first-order valence-corrected chi connectivity index (χ1v) is 9.38. The zero-order valence-corrected chi connectivity index (χ0v) is 15.4. The lowest BCUT2D eigenvalue weighted by atomic mass is 10.2. The van der Waals surface area contributed by atoms with E-state index in [9.17, 15) is 9.59 Å². The summed E-state index contributed by atoms with van der Waals surface area (Å²) in [5.41, 5.74) is 1.38. The van der Waals surface area contributed by atoms with Gasteiger partial charge in [0.2, 0.25) is 0 Å². The van der Waals surface area contributed by atoms with Gasteiger partial charge in [0.25, 0.3) is 11.8 Å². The van der Waals surface area contributed by atoms with E-state index in [-0.39, 0.29) is 11.8 Å². The van der Waals surface area contributed by atoms with Crippen LogP contribution >= 0.6 is 11.3 Å². The molecule has 0 atom stereocenters. The number of aryl methyl sites for hydroxylation is 2. The van der Waals surface area contributed by atoms with Crippen molar-refractivity contribution in [2.24, 2.45) is 0 Å². The van der Waals surface area contributed by atoms with Gasteiger partial charge in [-0.1, -0.05) is 0 Å². The Morgan fingerprint density at radius 1 is 1.24 bits per heavy atom. The maximum Gasteiger partial charge on any atom is 0.257 e. The number of piperazine rings is 1. The molecule has 0 aromatic carbocycles. The molecule has 3 rings (SSSR count). The zero-order valence-electron chi connectivity index (χ0n) is 14.6. The fourth-order valence-corrected chi connectivity index (χ4v) is 3.65. The van der Waals surface area contributed by atoms with E-state index >= 15 is 0 Å². The van der Waals surface area contributed by atoms with Crippen LogP contribution in [0.3, 0.4) is 0 Å². The number of carbonyl (C=O) groups is 2. The van der Waals surface area contributed by atoms with Crippen LogP contribution in [0.5, 0.6) is 0 Å². The SMILES string of the molecule is Cc1cc(C(=O)N2CCN(CCNC(=O)c3ccsc3)CC2)c(C)o1. The van der Waals surface area contributed by atoms with Crippen molar-refractivity contribution in [1.29, 1.82) is 0 Å². The number of furan rings is 1. The molecule has 0 radical (unpaired) electrons. The van der Waals surface area contributed by atoms with Gasteiger partial charge < -0.3 is 14.6 Å². The standard InChI is InChI=1S/C18H23N3O3S/c1-13-11-16(14(2)24-13)18(23)21-8-6-20(7-9-21)5-4-19-17(22)15-3-10-25-12-15/h3,10-12H,4-9H2,1-2H3,(H,19,22). The van der Waals surface area contributed by atoms with E-state index in [1.165, 1.54) is 11.3 Å². The molecule has 1 aliphatic heterocycles. The largest absolute Gasteiger partial charge is 0.466 e. The van der Waals surface area contributed by atoms with Crippen molar-refractivity contribution in [2.75, 3.05) is 39.3 Å². The molecule has 0 aliphatic carbocycles. The van der Waals surface area contributed by atoms with Crippen molar-refractivity contribution in [2.45, 2.75) is 13.8 Å². The van der Waals surface area contributed by atoms with Gasteiger partial charge in [-0.05, 0) is 31.4 Å². The number of nitrogens with one attached hydrogen (secondary N) is 1. The van der Waals surface area contributed by atoms with Gasteiger partial charge in [-0.3, -0.25) is 14.5 Å². The lowest BCUT2D eigenvalue weighted by Crippen LogP contribution is -2.50. The van der Waals surface area contributed by atoms with Gasteiger partial charge in [0.15, 0.2) is 0 Å². The van der Waals surface area contributed by atoms with E-state index in [2.05, 4.69) is 10.2 Å². The summed E-state index contributed by atoms with van der Waals surface area (Å²) in [5.74, 6) is 1.46. The lowest BCUT2D eigenvalue weighted by Gasteiger charge is -2.34. The molecular formula is C18H23N3O3S. The van der Waals surface area contributed by atoms with Crippen LogP contribution < -0.4 is 5.32 Å². The molecule has 2 aromatic rings. The normalized spacial score (nSPS) is 15.4. The second-order valence-electron chi connectivity index (χ2n) is 6.23. The van der Waals surface area contributed by atoms with Gasteiger partial charge >= 0.3 is 0 Å². The molecular weight excluding hydrogens is 338 g/mol. The van der Waals surface area contributed by atoms with Crippen LogP contribution in [0, 0.1) is 13.8 Å². The summed E-state index contributed by atoms with van der Waals surface area (Å²) >= 11 is 1.52. The Hall–Kier alpha value is -2.12. The number of hydrogen-bond donors (Lipinski definition) is 1. The molecule has 1 saturated heterocycles. The van der Waals surface area contributed by atoms with Crippen LogP contribution in [-0.4, -0.2) is 60.9 Å². The van der Waals surface area contributed by atoms with Crippen molar-refractivity contribution >= 4 is 23.2 Å². The first kappa shape index (κ1) is 17.7. The third-order valence-corrected chi connectivity index (χ3v) is 5.11. The van der Waals surface area contributed by atoms with Gasteiger partial charge in [-0.25, -0.2) is 0 Å². The highest BCUT2D eigenvalue weighted by Gasteiger charge is 2.24. The molecule has 1 N–H and O–H groups in total. The Morgan fingerprint density at radius 3 is 2.60 bits per heavy atom. The van der Waals surface area contributed by atoms with E-state index < -0.39 is 0 Å². The molecule has 2 aromatic heterocycles. The molecule has 3 heterocycles. The molecule has 1 fully saturated rings. The quantitative estimate of drug-likeness (QED) is 0.886. The van der Waals surface area contributed by atoms with Crippen LogP contribution in [0.4, 0.5) is 0 Å². The highest BCUT2D eigenvalue weighted by Crippen LogP contribution is 2.17. The van der Waals surface area contributed by atoms with E-state index in [1.807, 2.05) is 41.6 Å². The maximum atomic E-state index is 12.6. The molecule has 2 amide bonds. The third kappa shape index (κ3) is 4.29. The average molecular weight is 361 g/mol. The first-order chi connectivity index (χ1) is 12.0. The smallest absolute Gasteiger partial charge is 0.257 e. The molecule has 0 unspecified atom stereocenters. The molecule has 0 bridgehead atoms. The number of rotatable bonds is 5. The topological polar surface area (TPSA) is 65.8 Å². The van der Waals surface area contributed by atoms with Crippen LogP contribution in [0.2, 0.25) is 0 Å². The fraction of sp³-hybridized carbons (Fsp3) is 0.444. The number of amides is 2. The van der Waals surface area contributed by atoms with Gasteiger partial charge in [-0.2, -0.15) is 11.3 Å². The second kappa shape index (κ2) is 7.84. The Bertz CT molecular complexity index is 731. The lowest BCUT2D eigenvalue weighted by molar-refractivity contribution is 0.0636. The summed E-state index contributed by atoms with van der Waals surface area (Å²) in [7, 11) is 0. The van der Waals surface area contributed by atoms with Crippen molar-refractivity contribution in [3.8, 4) is 0 Å². The zero-order chi connectivity index (χ0) is 17.8. The van der Waals surface area contributed by atoms with Crippen LogP contribution in [0.15, 0.2) is 27.3 Å². The Kier molecular flexibility index (Phi) is 5.55. The summed E-state index contributed by atoms with van der Waals surface area (Å²) < 4.78 is 5.46. The van der Waals surface area contributed by atoms with Crippen LogP contribution in [-0.2, 0) is 0 Å². The van der Waals surface area contributed by atoms with E-state index in [0.717, 1.165) is 25.4 Å². The first-order valence-electron chi connectivity index (χ1n) is 8.43. The van der Waals surface area contributed by atoms with E-state index in [1.54, 1.807) is 0 Å². The second-order valence-corrected chi connectivity index (χ2v) is 7.01. The minimum Gasteiger partial charge on any atom is -0.466 e. The van der Waals surface area contributed by atoms with E-state index in [4.69, 9.17) is 4.42 Å². The third-order valence-electron chi connectivity index (χ3n) is 4.43. The van der Waals surface area contributed by atoms with Gasteiger partial charge in [0.1, 0.15) is 11.5 Å². The molecule has 6 nitrogen and oxygen atoms in total. The maximum absolute atomic E-state index is 12.6. The Morgan fingerprint density at radius 2 is 2.00 bits per heavy atom. The van der Waals surface area contributed by atoms with Gasteiger partial charge in [0.05, 0.1) is 5.56 Å². The Balaban J connectivity index is 1.42. The van der Waals surface area contributed by atoms with Crippen LogP contribution in [0.25, 0.3) is 0 Å². The molecule has 0 spiro atoms. The summed E-state index contributed by atoms with van der Waals surface area (Å²) in [6.45, 7) is 8.11. The van der Waals surface area contributed by atoms with Crippen molar-refractivity contribution in [3.05, 3.63) is 45.5 Å². The van der Waals surface area contributed by atoms with Crippen molar-refractivity contribution in [3.63, 3.8) is 0 Å².